The van der Waals surface area contributed by atoms with E-state index in [2.05, 4.69) is 5.43 Å². The molecule has 0 saturated carbocycles. The molecule has 0 aliphatic heterocycles. The molecule has 2 aromatic rings. The van der Waals surface area contributed by atoms with E-state index in [0.717, 1.165) is 5.56 Å². The number of hydrogen-bond acceptors (Lipinski definition) is 3. The summed E-state index contributed by atoms with van der Waals surface area (Å²) in [5, 5.41) is 0. The van der Waals surface area contributed by atoms with Crippen LogP contribution in [0.1, 0.15) is 22.8 Å². The largest absolute Gasteiger partial charge is 0.335 e. The number of hydrogen-bond donors (Lipinski definition) is 2. The van der Waals surface area contributed by atoms with Crippen LogP contribution < -0.4 is 11.3 Å². The molecule has 0 radical (unpaired) electrons. The Morgan fingerprint density at radius 1 is 1.19 bits per heavy atom. The number of nitrogens with two attached hydrogens (primary N) is 1. The minimum atomic E-state index is -0.542. The number of benzene rings is 2. The lowest BCUT2D eigenvalue weighted by Crippen LogP contribution is -2.31. The highest BCUT2D eigenvalue weighted by molar-refractivity contribution is 5.99. The van der Waals surface area contributed by atoms with Crippen molar-refractivity contribution >= 4 is 11.6 Å². The molecular formula is C16H18FN3O. The number of nitrogen functional groups attached to an aromatic ring is 1. The topological polar surface area (TPSA) is 58.4 Å². The smallest absolute Gasteiger partial charge is 0.256 e. The Balaban J connectivity index is 2.27. The van der Waals surface area contributed by atoms with Crippen molar-refractivity contribution in [3.63, 3.8) is 0 Å². The van der Waals surface area contributed by atoms with Gasteiger partial charge in [0.25, 0.3) is 5.91 Å². The molecule has 0 saturated heterocycles. The molecule has 0 heterocycles. The number of nitrogens with one attached hydrogen (secondary N) is 1. The SMILES string of the molecule is CCN(Cc1ccccc1)C(=O)c1cccc(F)c1NN. The second-order valence-corrected chi connectivity index (χ2v) is 4.61. The summed E-state index contributed by atoms with van der Waals surface area (Å²) in [4.78, 5) is 14.2. The first kappa shape index (κ1) is 15.0. The van der Waals surface area contributed by atoms with Crippen molar-refractivity contribution in [2.45, 2.75) is 13.5 Å². The second kappa shape index (κ2) is 6.85. The van der Waals surface area contributed by atoms with Gasteiger partial charge in [-0.25, -0.2) is 4.39 Å². The fourth-order valence-corrected chi connectivity index (χ4v) is 2.15. The minimum absolute atomic E-state index is 0.0222. The van der Waals surface area contributed by atoms with Gasteiger partial charge in [0.2, 0.25) is 0 Å². The Kier molecular flexibility index (Phi) is 4.90. The summed E-state index contributed by atoms with van der Waals surface area (Å²) >= 11 is 0. The van der Waals surface area contributed by atoms with Crippen LogP contribution in [0.4, 0.5) is 10.1 Å². The van der Waals surface area contributed by atoms with E-state index in [1.54, 1.807) is 11.0 Å². The molecule has 4 nitrogen and oxygen atoms in total. The summed E-state index contributed by atoms with van der Waals surface area (Å²) in [6, 6.07) is 14.0. The Morgan fingerprint density at radius 2 is 1.90 bits per heavy atom. The molecular weight excluding hydrogens is 269 g/mol. The highest BCUT2D eigenvalue weighted by Crippen LogP contribution is 2.21. The van der Waals surface area contributed by atoms with Crippen LogP contribution in [0.5, 0.6) is 0 Å². The van der Waals surface area contributed by atoms with Gasteiger partial charge in [-0.05, 0) is 24.6 Å². The van der Waals surface area contributed by atoms with Gasteiger partial charge >= 0.3 is 0 Å². The number of amides is 1. The molecule has 2 rings (SSSR count). The summed E-state index contributed by atoms with van der Waals surface area (Å²) in [6.45, 7) is 2.88. The first-order valence-electron chi connectivity index (χ1n) is 6.75. The van der Waals surface area contributed by atoms with Crippen molar-refractivity contribution in [2.75, 3.05) is 12.0 Å². The van der Waals surface area contributed by atoms with Crippen LogP contribution in [0.15, 0.2) is 48.5 Å². The van der Waals surface area contributed by atoms with Crippen molar-refractivity contribution < 1.29 is 9.18 Å². The third-order valence-electron chi connectivity index (χ3n) is 3.27. The summed E-state index contributed by atoms with van der Waals surface area (Å²) < 4.78 is 13.7. The Morgan fingerprint density at radius 3 is 2.52 bits per heavy atom. The van der Waals surface area contributed by atoms with Crippen LogP contribution >= 0.6 is 0 Å². The van der Waals surface area contributed by atoms with Gasteiger partial charge in [-0.15, -0.1) is 0 Å². The van der Waals surface area contributed by atoms with Gasteiger partial charge in [-0.2, -0.15) is 0 Å². The quantitative estimate of drug-likeness (QED) is 0.656. The van der Waals surface area contributed by atoms with Crippen LogP contribution in [-0.4, -0.2) is 17.4 Å². The number of nitrogens with zero attached hydrogens (tertiary/aromatic N) is 1. The number of carbonyl (C=O) groups excluding carboxylic acids is 1. The van der Waals surface area contributed by atoms with Gasteiger partial charge in [0, 0.05) is 13.1 Å². The molecule has 3 N–H and O–H groups in total. The Bertz CT molecular complexity index is 616. The number of carbonyl (C=O) groups is 1. The van der Waals surface area contributed by atoms with Crippen molar-refractivity contribution in [1.82, 2.24) is 4.90 Å². The van der Waals surface area contributed by atoms with E-state index in [4.69, 9.17) is 5.84 Å². The van der Waals surface area contributed by atoms with Crippen molar-refractivity contribution in [3.05, 3.63) is 65.5 Å². The summed E-state index contributed by atoms with van der Waals surface area (Å²) in [6.07, 6.45) is 0. The fourth-order valence-electron chi connectivity index (χ4n) is 2.15. The molecule has 0 aliphatic rings. The molecule has 5 heteroatoms. The van der Waals surface area contributed by atoms with Gasteiger partial charge in [0.05, 0.1) is 11.3 Å². The zero-order valence-corrected chi connectivity index (χ0v) is 11.8. The Labute approximate surface area is 123 Å². The second-order valence-electron chi connectivity index (χ2n) is 4.61. The number of para-hydroxylation sites is 1. The standard InChI is InChI=1S/C16H18FN3O/c1-2-20(11-12-7-4-3-5-8-12)16(21)13-9-6-10-14(17)15(13)19-18/h3-10,19H,2,11,18H2,1H3. The molecule has 1 amide bonds. The molecule has 0 bridgehead atoms. The summed E-state index contributed by atoms with van der Waals surface area (Å²) in [5.74, 6) is 4.52. The lowest BCUT2D eigenvalue weighted by atomic mass is 10.1. The number of hydrazine groups is 1. The Hall–Kier alpha value is -2.40. The maximum Gasteiger partial charge on any atom is 0.256 e. The zero-order valence-electron chi connectivity index (χ0n) is 11.8. The van der Waals surface area contributed by atoms with Crippen LogP contribution in [0, 0.1) is 5.82 Å². The highest BCUT2D eigenvalue weighted by atomic mass is 19.1. The average molecular weight is 287 g/mol. The molecule has 0 spiro atoms. The van der Waals surface area contributed by atoms with Gasteiger partial charge in [0.15, 0.2) is 0 Å². The summed E-state index contributed by atoms with van der Waals surface area (Å²) in [5.41, 5.74) is 3.54. The molecule has 0 fully saturated rings. The van der Waals surface area contributed by atoms with Crippen molar-refractivity contribution in [1.29, 1.82) is 0 Å². The van der Waals surface area contributed by atoms with Crippen LogP contribution in [0.2, 0.25) is 0 Å². The molecule has 2 aromatic carbocycles. The molecule has 0 aliphatic carbocycles. The van der Waals surface area contributed by atoms with Crippen LogP contribution in [0.25, 0.3) is 0 Å². The lowest BCUT2D eigenvalue weighted by molar-refractivity contribution is 0.0753. The number of halogens is 1. The highest BCUT2D eigenvalue weighted by Gasteiger charge is 2.19. The molecule has 110 valence electrons. The van der Waals surface area contributed by atoms with Crippen LogP contribution in [-0.2, 0) is 6.54 Å². The monoisotopic (exact) mass is 287 g/mol. The van der Waals surface area contributed by atoms with E-state index >= 15 is 0 Å². The van der Waals surface area contributed by atoms with Gasteiger partial charge in [-0.1, -0.05) is 36.4 Å². The molecule has 0 aromatic heterocycles. The zero-order chi connectivity index (χ0) is 15.2. The lowest BCUT2D eigenvalue weighted by Gasteiger charge is -2.22. The third-order valence-corrected chi connectivity index (χ3v) is 3.27. The minimum Gasteiger partial charge on any atom is -0.335 e. The maximum atomic E-state index is 13.7. The van der Waals surface area contributed by atoms with E-state index < -0.39 is 5.82 Å². The molecule has 0 atom stereocenters. The van der Waals surface area contributed by atoms with Crippen molar-refractivity contribution in [3.8, 4) is 0 Å². The number of rotatable bonds is 5. The van der Waals surface area contributed by atoms with E-state index in [1.165, 1.54) is 12.1 Å². The summed E-state index contributed by atoms with van der Waals surface area (Å²) in [7, 11) is 0. The number of anilines is 1. The predicted molar refractivity (Wildman–Crippen MR) is 81.1 cm³/mol. The normalized spacial score (nSPS) is 10.2. The van der Waals surface area contributed by atoms with Gasteiger partial charge in [0.1, 0.15) is 5.82 Å². The average Bonchev–Trinajstić information content (AvgIpc) is 2.52. The molecule has 0 unspecified atom stereocenters. The maximum absolute atomic E-state index is 13.7. The van der Waals surface area contributed by atoms with Gasteiger partial charge < -0.3 is 10.3 Å². The first-order chi connectivity index (χ1) is 10.2. The van der Waals surface area contributed by atoms with Crippen molar-refractivity contribution in [2.24, 2.45) is 5.84 Å². The van der Waals surface area contributed by atoms with Crippen LogP contribution in [0.3, 0.4) is 0 Å². The van der Waals surface area contributed by atoms with E-state index in [-0.39, 0.29) is 17.2 Å². The van der Waals surface area contributed by atoms with Gasteiger partial charge in [-0.3, -0.25) is 10.6 Å². The van der Waals surface area contributed by atoms with E-state index in [0.29, 0.717) is 13.1 Å². The first-order valence-corrected chi connectivity index (χ1v) is 6.75. The fraction of sp³-hybridized carbons (Fsp3) is 0.188. The third kappa shape index (κ3) is 3.38. The van der Waals surface area contributed by atoms with E-state index in [9.17, 15) is 9.18 Å². The van der Waals surface area contributed by atoms with E-state index in [1.807, 2.05) is 37.3 Å². The predicted octanol–water partition coefficient (Wildman–Crippen LogP) is 2.77. The molecule has 21 heavy (non-hydrogen) atoms.